The van der Waals surface area contributed by atoms with Crippen LogP contribution >= 0.6 is 0 Å². The quantitative estimate of drug-likeness (QED) is 0.262. The molecule has 0 bridgehead atoms. The van der Waals surface area contributed by atoms with Gasteiger partial charge in [0.25, 0.3) is 0 Å². The van der Waals surface area contributed by atoms with E-state index in [0.29, 0.717) is 11.7 Å². The van der Waals surface area contributed by atoms with Gasteiger partial charge in [0.2, 0.25) is 0 Å². The monoisotopic (exact) mass is 526 g/mol. The molecule has 0 saturated heterocycles. The van der Waals surface area contributed by atoms with E-state index in [1.54, 1.807) is 0 Å². The van der Waals surface area contributed by atoms with E-state index in [1.165, 1.54) is 12.1 Å². The maximum absolute atomic E-state index is 14.1. The molecule has 1 aromatic heterocycles. The van der Waals surface area contributed by atoms with Gasteiger partial charge in [-0.3, -0.25) is 0 Å². The molecular formula is C33H27FN6. The Bertz CT molecular complexity index is 1800. The average Bonchev–Trinajstić information content (AvgIpc) is 3.28. The van der Waals surface area contributed by atoms with Crippen LogP contribution in [0.25, 0.3) is 5.69 Å². The molecule has 0 unspecified atom stereocenters. The molecule has 196 valence electrons. The number of rotatable bonds is 3. The lowest BCUT2D eigenvalue weighted by atomic mass is 9.93. The van der Waals surface area contributed by atoms with E-state index >= 15 is 0 Å². The SMILES string of the molecule is Cc1cc(C)cc(NC2=Nc3ccccc3N3C2=Nc2c(c(C)nn2-c2ccccc2)[C@H]3c2ccc(F)cc2)c1. The minimum atomic E-state index is -0.298. The summed E-state index contributed by atoms with van der Waals surface area (Å²) >= 11 is 0. The second kappa shape index (κ2) is 9.31. The lowest BCUT2D eigenvalue weighted by molar-refractivity contribution is 0.626. The zero-order valence-corrected chi connectivity index (χ0v) is 22.4. The summed E-state index contributed by atoms with van der Waals surface area (Å²) in [6.07, 6.45) is 0. The molecule has 0 saturated carbocycles. The Hall–Kier alpha value is -5.04. The molecule has 2 aliphatic heterocycles. The molecule has 2 aliphatic rings. The zero-order valence-electron chi connectivity index (χ0n) is 22.4. The van der Waals surface area contributed by atoms with Crippen molar-refractivity contribution in [3.05, 3.63) is 131 Å². The van der Waals surface area contributed by atoms with Gasteiger partial charge < -0.3 is 10.2 Å². The van der Waals surface area contributed by atoms with Crippen LogP contribution in [-0.4, -0.2) is 21.5 Å². The zero-order chi connectivity index (χ0) is 27.4. The fourth-order valence-electron chi connectivity index (χ4n) is 5.69. The van der Waals surface area contributed by atoms with E-state index in [1.807, 2.05) is 72.3 Å². The lowest BCUT2D eigenvalue weighted by Gasteiger charge is -2.40. The van der Waals surface area contributed by atoms with Gasteiger partial charge in [0, 0.05) is 11.3 Å². The fourth-order valence-corrected chi connectivity index (χ4v) is 5.69. The van der Waals surface area contributed by atoms with Crippen molar-refractivity contribution >= 4 is 34.6 Å². The number of aryl methyl sites for hydroxylation is 3. The van der Waals surface area contributed by atoms with Crippen molar-refractivity contribution in [1.82, 2.24) is 9.78 Å². The summed E-state index contributed by atoms with van der Waals surface area (Å²) in [5.41, 5.74) is 8.71. The van der Waals surface area contributed by atoms with Crippen LogP contribution in [0.4, 0.5) is 27.3 Å². The molecule has 0 spiro atoms. The van der Waals surface area contributed by atoms with E-state index in [0.717, 1.165) is 56.5 Å². The smallest absolute Gasteiger partial charge is 0.179 e. The maximum atomic E-state index is 14.1. The van der Waals surface area contributed by atoms with Crippen LogP contribution in [0, 0.1) is 26.6 Å². The number of amidine groups is 2. The van der Waals surface area contributed by atoms with Gasteiger partial charge in [0.1, 0.15) is 5.82 Å². The van der Waals surface area contributed by atoms with Crippen LogP contribution in [0.3, 0.4) is 0 Å². The average molecular weight is 527 g/mol. The van der Waals surface area contributed by atoms with Crippen molar-refractivity contribution in [3.8, 4) is 5.69 Å². The van der Waals surface area contributed by atoms with Gasteiger partial charge >= 0.3 is 0 Å². The molecule has 7 rings (SSSR count). The summed E-state index contributed by atoms with van der Waals surface area (Å²) < 4.78 is 16.0. The van der Waals surface area contributed by atoms with Crippen molar-refractivity contribution in [3.63, 3.8) is 0 Å². The summed E-state index contributed by atoms with van der Waals surface area (Å²) in [7, 11) is 0. The topological polar surface area (TPSA) is 57.8 Å². The minimum Gasteiger partial charge on any atom is -0.337 e. The number of hydrogen-bond acceptors (Lipinski definition) is 5. The van der Waals surface area contributed by atoms with Gasteiger partial charge in [0.15, 0.2) is 17.5 Å². The number of aliphatic imine (C=N–C) groups is 2. The molecule has 6 nitrogen and oxygen atoms in total. The second-order valence-corrected chi connectivity index (χ2v) is 10.3. The number of anilines is 2. The van der Waals surface area contributed by atoms with Gasteiger partial charge in [-0.05, 0) is 86.0 Å². The first-order chi connectivity index (χ1) is 19.5. The van der Waals surface area contributed by atoms with E-state index in [-0.39, 0.29) is 11.9 Å². The predicted octanol–water partition coefficient (Wildman–Crippen LogP) is 7.73. The summed E-state index contributed by atoms with van der Waals surface area (Å²) in [6, 6.07) is 30.8. The number of nitrogens with zero attached hydrogens (tertiary/aromatic N) is 5. The largest absolute Gasteiger partial charge is 0.337 e. The third kappa shape index (κ3) is 3.98. The van der Waals surface area contributed by atoms with Crippen LogP contribution in [-0.2, 0) is 0 Å². The van der Waals surface area contributed by atoms with Crippen LogP contribution in [0.2, 0.25) is 0 Å². The Morgan fingerprint density at radius 2 is 1.48 bits per heavy atom. The molecule has 3 heterocycles. The third-order valence-electron chi connectivity index (χ3n) is 7.31. The number of fused-ring (bicyclic) bond motifs is 4. The summed E-state index contributed by atoms with van der Waals surface area (Å²) in [4.78, 5) is 12.5. The molecule has 4 aromatic carbocycles. The van der Waals surface area contributed by atoms with Crippen molar-refractivity contribution in [2.45, 2.75) is 26.8 Å². The van der Waals surface area contributed by atoms with Crippen molar-refractivity contribution in [2.75, 3.05) is 10.2 Å². The second-order valence-electron chi connectivity index (χ2n) is 10.3. The Morgan fingerprint density at radius 3 is 2.23 bits per heavy atom. The summed E-state index contributed by atoms with van der Waals surface area (Å²) in [5, 5.41) is 8.52. The van der Waals surface area contributed by atoms with E-state index < -0.39 is 0 Å². The fraction of sp³-hybridized carbons (Fsp3) is 0.121. The Morgan fingerprint density at radius 1 is 0.775 bits per heavy atom. The molecule has 0 amide bonds. The highest BCUT2D eigenvalue weighted by Crippen LogP contribution is 2.48. The highest BCUT2D eigenvalue weighted by molar-refractivity contribution is 6.51. The van der Waals surface area contributed by atoms with Crippen LogP contribution in [0.15, 0.2) is 107 Å². The lowest BCUT2D eigenvalue weighted by Crippen LogP contribution is -2.46. The minimum absolute atomic E-state index is 0.275. The van der Waals surface area contributed by atoms with Crippen molar-refractivity contribution in [2.24, 2.45) is 9.98 Å². The number of hydrogen-bond donors (Lipinski definition) is 1. The predicted molar refractivity (Wildman–Crippen MR) is 159 cm³/mol. The number of aromatic nitrogens is 2. The van der Waals surface area contributed by atoms with Crippen LogP contribution < -0.4 is 10.2 Å². The molecule has 7 heteroatoms. The molecule has 1 N–H and O–H groups in total. The number of para-hydroxylation sites is 3. The standard InChI is InChI=1S/C33H27FN6/c1-20-17-21(2)19-25(18-20)35-31-33-37-32-29(22(3)38-40(32)26-9-5-4-6-10-26)30(23-13-15-24(34)16-14-23)39(33)28-12-8-7-11-27(28)36-31/h4-19,30H,1-3H3,(H,35,36)/t30-/m1/s1. The van der Waals surface area contributed by atoms with E-state index in [9.17, 15) is 4.39 Å². The van der Waals surface area contributed by atoms with Crippen molar-refractivity contribution in [1.29, 1.82) is 0 Å². The number of halogens is 1. The van der Waals surface area contributed by atoms with Gasteiger partial charge in [-0.25, -0.2) is 19.1 Å². The highest BCUT2D eigenvalue weighted by atomic mass is 19.1. The molecule has 0 fully saturated rings. The van der Waals surface area contributed by atoms with Gasteiger partial charge in [0.05, 0.1) is 28.8 Å². The molecule has 40 heavy (non-hydrogen) atoms. The summed E-state index contributed by atoms with van der Waals surface area (Å²) in [6.45, 7) is 6.17. The van der Waals surface area contributed by atoms with Crippen LogP contribution in [0.1, 0.15) is 34.0 Å². The highest BCUT2D eigenvalue weighted by Gasteiger charge is 2.41. The third-order valence-corrected chi connectivity index (χ3v) is 7.31. The first-order valence-electron chi connectivity index (χ1n) is 13.3. The molecular weight excluding hydrogens is 499 g/mol. The number of nitrogens with one attached hydrogen (secondary N) is 1. The Labute approximate surface area is 232 Å². The maximum Gasteiger partial charge on any atom is 0.179 e. The Kier molecular flexibility index (Phi) is 5.59. The van der Waals surface area contributed by atoms with Crippen LogP contribution in [0.5, 0.6) is 0 Å². The first-order valence-corrected chi connectivity index (χ1v) is 13.3. The van der Waals surface area contributed by atoms with Gasteiger partial charge in [-0.2, -0.15) is 5.10 Å². The first kappa shape index (κ1) is 24.0. The molecule has 1 atom stereocenters. The van der Waals surface area contributed by atoms with Gasteiger partial charge in [-0.1, -0.05) is 48.5 Å². The molecule has 0 radical (unpaired) electrons. The van der Waals surface area contributed by atoms with Gasteiger partial charge in [-0.15, -0.1) is 0 Å². The number of benzene rings is 4. The molecule has 0 aliphatic carbocycles. The Balaban J connectivity index is 1.50. The normalized spacial score (nSPS) is 15.5. The summed E-state index contributed by atoms with van der Waals surface area (Å²) in [5.74, 6) is 1.78. The van der Waals surface area contributed by atoms with E-state index in [2.05, 4.69) is 48.3 Å². The molecule has 5 aromatic rings. The van der Waals surface area contributed by atoms with E-state index in [4.69, 9.17) is 15.1 Å². The van der Waals surface area contributed by atoms with Crippen molar-refractivity contribution < 1.29 is 4.39 Å².